The normalized spacial score (nSPS) is 15.0. The Labute approximate surface area is 134 Å². The average molecular weight is 307 g/mol. The van der Waals surface area contributed by atoms with E-state index in [1.54, 1.807) is 12.4 Å². The monoisotopic (exact) mass is 307 g/mol. The lowest BCUT2D eigenvalue weighted by Crippen LogP contribution is -2.46. The van der Waals surface area contributed by atoms with Crippen LogP contribution in [0.4, 0.5) is 11.7 Å². The zero-order valence-electron chi connectivity index (χ0n) is 12.7. The van der Waals surface area contributed by atoms with Crippen LogP contribution in [0.5, 0.6) is 0 Å². The van der Waals surface area contributed by atoms with Crippen molar-refractivity contribution in [3.8, 4) is 11.5 Å². The van der Waals surface area contributed by atoms with Crippen molar-refractivity contribution in [2.75, 3.05) is 36.0 Å². The van der Waals surface area contributed by atoms with Crippen molar-refractivity contribution in [1.82, 2.24) is 15.2 Å². The number of anilines is 2. The minimum atomic E-state index is 0.535. The molecule has 0 radical (unpaired) electrons. The maximum Gasteiger partial charge on any atom is 0.318 e. The highest BCUT2D eigenvalue weighted by atomic mass is 16.4. The zero-order chi connectivity index (χ0) is 15.5. The zero-order valence-corrected chi connectivity index (χ0v) is 12.7. The summed E-state index contributed by atoms with van der Waals surface area (Å²) in [7, 11) is 0. The maximum absolute atomic E-state index is 5.81. The van der Waals surface area contributed by atoms with Crippen LogP contribution < -0.4 is 9.80 Å². The molecule has 0 aliphatic carbocycles. The van der Waals surface area contributed by atoms with Gasteiger partial charge in [0.15, 0.2) is 0 Å². The first-order chi connectivity index (χ1) is 11.4. The Hall–Kier alpha value is -2.89. The fourth-order valence-electron chi connectivity index (χ4n) is 2.75. The van der Waals surface area contributed by atoms with Gasteiger partial charge in [-0.25, -0.2) is 0 Å². The van der Waals surface area contributed by atoms with E-state index in [1.165, 1.54) is 5.69 Å². The third kappa shape index (κ3) is 2.88. The van der Waals surface area contributed by atoms with Gasteiger partial charge in [0.1, 0.15) is 0 Å². The highest BCUT2D eigenvalue weighted by Gasteiger charge is 2.21. The van der Waals surface area contributed by atoms with Crippen molar-refractivity contribution in [3.63, 3.8) is 0 Å². The molecule has 1 aliphatic heterocycles. The minimum absolute atomic E-state index is 0.535. The molecular formula is C17H17N5O. The van der Waals surface area contributed by atoms with Gasteiger partial charge in [0, 0.05) is 49.8 Å². The van der Waals surface area contributed by atoms with E-state index in [0.29, 0.717) is 11.9 Å². The predicted octanol–water partition coefficient (Wildman–Crippen LogP) is 2.46. The lowest BCUT2D eigenvalue weighted by Gasteiger charge is -2.35. The van der Waals surface area contributed by atoms with Gasteiger partial charge in [-0.05, 0) is 24.3 Å². The molecule has 1 fully saturated rings. The van der Waals surface area contributed by atoms with Crippen LogP contribution in [0, 0.1) is 0 Å². The standard InChI is InChI=1S/C17H17N5O/c1-2-4-15(5-3-1)21-10-12-22(13-11-21)17-20-19-16(23-17)14-6-8-18-9-7-14/h1-9H,10-13H2. The predicted molar refractivity (Wildman–Crippen MR) is 88.4 cm³/mol. The number of rotatable bonds is 3. The molecule has 0 bridgehead atoms. The summed E-state index contributed by atoms with van der Waals surface area (Å²) in [5.41, 5.74) is 2.15. The Morgan fingerprint density at radius 2 is 1.48 bits per heavy atom. The molecule has 2 aromatic heterocycles. The van der Waals surface area contributed by atoms with Crippen molar-refractivity contribution >= 4 is 11.7 Å². The lowest BCUT2D eigenvalue weighted by atomic mass is 10.2. The molecule has 4 rings (SSSR count). The van der Waals surface area contributed by atoms with Gasteiger partial charge in [-0.15, -0.1) is 5.10 Å². The van der Waals surface area contributed by atoms with Crippen molar-refractivity contribution in [3.05, 3.63) is 54.9 Å². The topological polar surface area (TPSA) is 58.3 Å². The summed E-state index contributed by atoms with van der Waals surface area (Å²) in [5.74, 6) is 0.535. The van der Waals surface area contributed by atoms with E-state index >= 15 is 0 Å². The van der Waals surface area contributed by atoms with Crippen molar-refractivity contribution < 1.29 is 4.42 Å². The Morgan fingerprint density at radius 3 is 2.22 bits per heavy atom. The van der Waals surface area contributed by atoms with Crippen LogP contribution in [0.1, 0.15) is 0 Å². The number of hydrogen-bond donors (Lipinski definition) is 0. The molecule has 6 heteroatoms. The van der Waals surface area contributed by atoms with Gasteiger partial charge >= 0.3 is 6.01 Å². The molecular weight excluding hydrogens is 290 g/mol. The second kappa shape index (κ2) is 6.08. The summed E-state index contributed by atoms with van der Waals surface area (Å²) >= 11 is 0. The number of aromatic nitrogens is 3. The van der Waals surface area contributed by atoms with Crippen LogP contribution in [0.2, 0.25) is 0 Å². The third-order valence-electron chi connectivity index (χ3n) is 4.01. The smallest absolute Gasteiger partial charge is 0.318 e. The Kier molecular flexibility index (Phi) is 3.63. The number of piperazine rings is 1. The molecule has 0 atom stereocenters. The van der Waals surface area contributed by atoms with Gasteiger partial charge in [-0.1, -0.05) is 23.3 Å². The molecule has 116 valence electrons. The molecule has 1 saturated heterocycles. The van der Waals surface area contributed by atoms with E-state index in [1.807, 2.05) is 18.2 Å². The van der Waals surface area contributed by atoms with Crippen LogP contribution in [-0.2, 0) is 0 Å². The Bertz CT molecular complexity index is 751. The van der Waals surface area contributed by atoms with E-state index < -0.39 is 0 Å². The summed E-state index contributed by atoms with van der Waals surface area (Å²) in [6, 6.07) is 14.8. The summed E-state index contributed by atoms with van der Waals surface area (Å²) in [4.78, 5) is 8.51. The number of para-hydroxylation sites is 1. The second-order valence-electron chi connectivity index (χ2n) is 5.44. The minimum Gasteiger partial charge on any atom is -0.403 e. The number of nitrogens with zero attached hydrogens (tertiary/aromatic N) is 5. The average Bonchev–Trinajstić information content (AvgIpc) is 3.14. The first-order valence-electron chi connectivity index (χ1n) is 7.69. The van der Waals surface area contributed by atoms with Crippen LogP contribution in [-0.4, -0.2) is 41.4 Å². The number of pyridine rings is 1. The molecule has 3 aromatic rings. The van der Waals surface area contributed by atoms with E-state index in [0.717, 1.165) is 31.7 Å². The Morgan fingerprint density at radius 1 is 0.783 bits per heavy atom. The van der Waals surface area contributed by atoms with Crippen molar-refractivity contribution in [1.29, 1.82) is 0 Å². The van der Waals surface area contributed by atoms with Gasteiger partial charge in [-0.2, -0.15) is 0 Å². The maximum atomic E-state index is 5.81. The number of benzene rings is 1. The van der Waals surface area contributed by atoms with Crippen LogP contribution in [0.3, 0.4) is 0 Å². The highest BCUT2D eigenvalue weighted by Crippen LogP contribution is 2.23. The van der Waals surface area contributed by atoms with E-state index in [2.05, 4.69) is 49.2 Å². The molecule has 23 heavy (non-hydrogen) atoms. The fraction of sp³-hybridized carbons (Fsp3) is 0.235. The molecule has 3 heterocycles. The second-order valence-corrected chi connectivity index (χ2v) is 5.44. The summed E-state index contributed by atoms with van der Waals surface area (Å²) in [6.07, 6.45) is 3.44. The van der Waals surface area contributed by atoms with Crippen LogP contribution in [0.15, 0.2) is 59.3 Å². The molecule has 1 aromatic carbocycles. The molecule has 1 aliphatic rings. The van der Waals surface area contributed by atoms with Crippen LogP contribution in [0.25, 0.3) is 11.5 Å². The SMILES string of the molecule is c1ccc(N2CCN(c3nnc(-c4ccncc4)o3)CC2)cc1. The molecule has 0 N–H and O–H groups in total. The summed E-state index contributed by atoms with van der Waals surface area (Å²) in [5, 5.41) is 8.32. The fourth-order valence-corrected chi connectivity index (χ4v) is 2.75. The molecule has 6 nitrogen and oxygen atoms in total. The van der Waals surface area contributed by atoms with Crippen LogP contribution >= 0.6 is 0 Å². The Balaban J connectivity index is 1.44. The molecule has 0 amide bonds. The van der Waals surface area contributed by atoms with Gasteiger partial charge in [-0.3, -0.25) is 4.98 Å². The van der Waals surface area contributed by atoms with E-state index in [-0.39, 0.29) is 0 Å². The van der Waals surface area contributed by atoms with E-state index in [9.17, 15) is 0 Å². The van der Waals surface area contributed by atoms with Crippen molar-refractivity contribution in [2.45, 2.75) is 0 Å². The number of hydrogen-bond acceptors (Lipinski definition) is 6. The van der Waals surface area contributed by atoms with Gasteiger partial charge in [0.05, 0.1) is 0 Å². The first-order valence-corrected chi connectivity index (χ1v) is 7.69. The van der Waals surface area contributed by atoms with Gasteiger partial charge in [0.25, 0.3) is 0 Å². The molecule has 0 saturated carbocycles. The van der Waals surface area contributed by atoms with Gasteiger partial charge < -0.3 is 14.2 Å². The van der Waals surface area contributed by atoms with Gasteiger partial charge in [0.2, 0.25) is 5.89 Å². The largest absolute Gasteiger partial charge is 0.403 e. The van der Waals surface area contributed by atoms with E-state index in [4.69, 9.17) is 4.42 Å². The third-order valence-corrected chi connectivity index (χ3v) is 4.01. The van der Waals surface area contributed by atoms with Crippen molar-refractivity contribution in [2.24, 2.45) is 0 Å². The molecule has 0 spiro atoms. The first kappa shape index (κ1) is 13.8. The quantitative estimate of drug-likeness (QED) is 0.741. The lowest BCUT2D eigenvalue weighted by molar-refractivity contribution is 0.524. The highest BCUT2D eigenvalue weighted by molar-refractivity contribution is 5.52. The molecule has 0 unspecified atom stereocenters. The summed E-state index contributed by atoms with van der Waals surface area (Å²) in [6.45, 7) is 3.62. The summed E-state index contributed by atoms with van der Waals surface area (Å²) < 4.78 is 5.81.